The third kappa shape index (κ3) is 7.58. The van der Waals surface area contributed by atoms with E-state index in [1.54, 1.807) is 30.3 Å². The Morgan fingerprint density at radius 2 is 1.74 bits per heavy atom. The molecule has 14 heteroatoms. The van der Waals surface area contributed by atoms with E-state index in [1.807, 2.05) is 47.4 Å². The highest BCUT2D eigenvalue weighted by atomic mass is 35.5. The van der Waals surface area contributed by atoms with Crippen LogP contribution in [0, 0.1) is 5.92 Å². The van der Waals surface area contributed by atoms with E-state index in [1.165, 1.54) is 0 Å². The minimum Gasteiger partial charge on any atom is -0.496 e. The first-order chi connectivity index (χ1) is 25.6. The molecule has 3 saturated heterocycles. The number of rotatable bonds is 10. The molecule has 0 radical (unpaired) electrons. The summed E-state index contributed by atoms with van der Waals surface area (Å²) < 4.78 is 5.62. The number of benzene rings is 3. The first kappa shape index (κ1) is 36.7. The lowest BCUT2D eigenvalue weighted by molar-refractivity contribution is -0.141. The van der Waals surface area contributed by atoms with Crippen LogP contribution in [0.5, 0.6) is 5.75 Å². The van der Waals surface area contributed by atoms with Gasteiger partial charge in [0.25, 0.3) is 5.91 Å². The summed E-state index contributed by atoms with van der Waals surface area (Å²) in [6.07, 6.45) is 4.99. The number of carbonyl (C=O) groups is 3. The summed E-state index contributed by atoms with van der Waals surface area (Å²) in [5.74, 6) is -1.03. The number of likely N-dealkylation sites (tertiary alicyclic amines) is 3. The zero-order valence-electron chi connectivity index (χ0n) is 29.6. The molecule has 0 saturated carbocycles. The quantitative estimate of drug-likeness (QED) is 0.177. The second kappa shape index (κ2) is 15.4. The lowest BCUT2D eigenvalue weighted by Gasteiger charge is -2.44. The van der Waals surface area contributed by atoms with E-state index in [-0.39, 0.29) is 23.9 Å². The minimum absolute atomic E-state index is 0.122. The van der Waals surface area contributed by atoms with Gasteiger partial charge >= 0.3 is 12.0 Å². The number of halogens is 2. The number of ether oxygens (including phenoxy) is 1. The number of piperidine rings is 1. The van der Waals surface area contributed by atoms with E-state index in [9.17, 15) is 19.5 Å². The molecule has 3 fully saturated rings. The van der Waals surface area contributed by atoms with Crippen LogP contribution in [0.15, 0.2) is 72.9 Å². The summed E-state index contributed by atoms with van der Waals surface area (Å²) in [7, 11) is 1.56. The van der Waals surface area contributed by atoms with Crippen molar-refractivity contribution in [2.75, 3.05) is 52.9 Å². The number of hydrogen-bond acceptors (Lipinski definition) is 7. The normalized spacial score (nSPS) is 21.5. The summed E-state index contributed by atoms with van der Waals surface area (Å²) >= 11 is 13.0. The first-order valence-corrected chi connectivity index (χ1v) is 18.7. The van der Waals surface area contributed by atoms with Gasteiger partial charge in [-0.1, -0.05) is 59.6 Å². The summed E-state index contributed by atoms with van der Waals surface area (Å²) in [6, 6.07) is 21.1. The summed E-state index contributed by atoms with van der Waals surface area (Å²) in [5.41, 5.74) is 2.98. The van der Waals surface area contributed by atoms with Crippen molar-refractivity contribution in [3.05, 3.63) is 99.7 Å². The van der Waals surface area contributed by atoms with Gasteiger partial charge in [-0.25, -0.2) is 4.79 Å². The van der Waals surface area contributed by atoms with Gasteiger partial charge in [0.2, 0.25) is 0 Å². The number of aromatic amines is 1. The van der Waals surface area contributed by atoms with Crippen molar-refractivity contribution >= 4 is 41.1 Å². The molecule has 278 valence electrons. The highest BCUT2D eigenvalue weighted by Gasteiger charge is 2.44. The lowest BCUT2D eigenvalue weighted by Crippen LogP contribution is -2.56. The average Bonchev–Trinajstić information content (AvgIpc) is 3.98. The van der Waals surface area contributed by atoms with Gasteiger partial charge in [-0.2, -0.15) is 15.4 Å². The van der Waals surface area contributed by atoms with Crippen molar-refractivity contribution in [3.63, 3.8) is 0 Å². The van der Waals surface area contributed by atoms with Gasteiger partial charge in [0.1, 0.15) is 11.4 Å². The summed E-state index contributed by atoms with van der Waals surface area (Å²) in [4.78, 5) is 45.3. The minimum atomic E-state index is -0.864. The van der Waals surface area contributed by atoms with E-state index in [2.05, 4.69) is 37.8 Å². The Labute approximate surface area is 318 Å². The Balaban J connectivity index is 1.08. The lowest BCUT2D eigenvalue weighted by atomic mass is 9.76. The number of methoxy groups -OCH3 is 1. The fraction of sp³-hybridized carbons (Fsp3) is 0.410. The van der Waals surface area contributed by atoms with Crippen LogP contribution in [0.2, 0.25) is 10.0 Å². The molecule has 7 rings (SSSR count). The molecule has 1 aromatic heterocycles. The molecule has 0 bridgehead atoms. The highest BCUT2D eigenvalue weighted by Crippen LogP contribution is 2.42. The zero-order chi connectivity index (χ0) is 37.2. The molecule has 0 aliphatic carbocycles. The third-order valence-electron chi connectivity index (χ3n) is 11.4. The van der Waals surface area contributed by atoms with Gasteiger partial charge in [-0.3, -0.25) is 9.59 Å². The van der Waals surface area contributed by atoms with Crippen LogP contribution in [0.3, 0.4) is 0 Å². The molecular formula is C39H43Cl2N7O5. The molecule has 2 atom stereocenters. The molecule has 53 heavy (non-hydrogen) atoms. The van der Waals surface area contributed by atoms with Gasteiger partial charge in [-0.05, 0) is 80.1 Å². The molecular weight excluding hydrogens is 717 g/mol. The molecule has 3 aliphatic rings. The first-order valence-electron chi connectivity index (χ1n) is 18.0. The van der Waals surface area contributed by atoms with Crippen molar-refractivity contribution in [2.45, 2.75) is 43.1 Å². The van der Waals surface area contributed by atoms with Crippen LogP contribution in [-0.2, 0) is 15.7 Å². The molecule has 4 heterocycles. The van der Waals surface area contributed by atoms with Crippen molar-refractivity contribution in [2.24, 2.45) is 5.92 Å². The van der Waals surface area contributed by atoms with E-state index >= 15 is 0 Å². The molecule has 12 nitrogen and oxygen atoms in total. The van der Waals surface area contributed by atoms with Crippen LogP contribution in [0.4, 0.5) is 4.79 Å². The monoisotopic (exact) mass is 759 g/mol. The number of carbonyl (C=O) groups excluding carboxylic acids is 2. The predicted octanol–water partition coefficient (Wildman–Crippen LogP) is 6.07. The number of nitrogens with zero attached hydrogens (tertiary/aromatic N) is 5. The molecule has 4 aromatic rings. The molecule has 3 amide bonds. The molecule has 3 aromatic carbocycles. The van der Waals surface area contributed by atoms with Gasteiger partial charge < -0.3 is 29.9 Å². The van der Waals surface area contributed by atoms with Crippen molar-refractivity contribution in [3.8, 4) is 17.0 Å². The molecule has 3 N–H and O–H groups in total. The average molecular weight is 761 g/mol. The van der Waals surface area contributed by atoms with Gasteiger partial charge in [0.15, 0.2) is 0 Å². The fourth-order valence-electron chi connectivity index (χ4n) is 8.20. The predicted molar refractivity (Wildman–Crippen MR) is 201 cm³/mol. The highest BCUT2D eigenvalue weighted by molar-refractivity contribution is 6.42. The SMILES string of the molecule is COc1ccc(-c2cn[nH]n2)cc1C(=O)N1CCC(CCN2CCC(NC(=O)N3CCC(C(=O)O)C3)(c3ccccc3)CC2)(c2ccc(Cl)c(Cl)c2)C1. The fourth-order valence-corrected chi connectivity index (χ4v) is 8.50. The van der Waals surface area contributed by atoms with Gasteiger partial charge in [0.05, 0.1) is 40.4 Å². The number of urea groups is 1. The smallest absolute Gasteiger partial charge is 0.318 e. The van der Waals surface area contributed by atoms with E-state index in [0.717, 1.165) is 49.2 Å². The number of nitrogens with one attached hydrogen (secondary N) is 2. The van der Waals surface area contributed by atoms with E-state index in [0.29, 0.717) is 65.9 Å². The summed E-state index contributed by atoms with van der Waals surface area (Å²) in [5, 5.41) is 24.5. The maximum atomic E-state index is 14.2. The number of hydrogen-bond donors (Lipinski definition) is 3. The number of carboxylic acids is 1. The van der Waals surface area contributed by atoms with E-state index in [4.69, 9.17) is 27.9 Å². The molecule has 3 aliphatic heterocycles. The van der Waals surface area contributed by atoms with E-state index < -0.39 is 17.4 Å². The Morgan fingerprint density at radius 3 is 2.42 bits per heavy atom. The second-order valence-electron chi connectivity index (χ2n) is 14.4. The molecule has 2 unspecified atom stereocenters. The van der Waals surface area contributed by atoms with Gasteiger partial charge in [0, 0.05) is 50.2 Å². The van der Waals surface area contributed by atoms with Gasteiger partial charge in [-0.15, -0.1) is 0 Å². The number of H-pyrrole nitrogens is 1. The Hall–Kier alpha value is -4.65. The van der Waals surface area contributed by atoms with Crippen LogP contribution < -0.4 is 10.1 Å². The molecule has 0 spiro atoms. The Kier molecular flexibility index (Phi) is 10.6. The van der Waals surface area contributed by atoms with Crippen molar-refractivity contribution < 1.29 is 24.2 Å². The van der Waals surface area contributed by atoms with Crippen LogP contribution in [-0.4, -0.2) is 106 Å². The maximum Gasteiger partial charge on any atom is 0.318 e. The summed E-state index contributed by atoms with van der Waals surface area (Å²) in [6.45, 7) is 3.96. The van der Waals surface area contributed by atoms with Crippen molar-refractivity contribution in [1.29, 1.82) is 0 Å². The van der Waals surface area contributed by atoms with Crippen LogP contribution in [0.25, 0.3) is 11.3 Å². The van der Waals surface area contributed by atoms with Crippen LogP contribution >= 0.6 is 23.2 Å². The second-order valence-corrected chi connectivity index (χ2v) is 15.2. The van der Waals surface area contributed by atoms with Crippen molar-refractivity contribution in [1.82, 2.24) is 35.4 Å². The maximum absolute atomic E-state index is 14.2. The number of aliphatic carboxylic acids is 1. The zero-order valence-corrected chi connectivity index (χ0v) is 31.1. The third-order valence-corrected chi connectivity index (χ3v) is 12.2. The Morgan fingerprint density at radius 1 is 0.943 bits per heavy atom. The topological polar surface area (TPSA) is 144 Å². The largest absolute Gasteiger partial charge is 0.496 e. The standard InChI is InChI=1S/C39H43Cl2N7O5/c1-53-34-10-7-26(33-23-42-45-44-33)21-30(34)35(49)48-20-13-38(25-48,29-8-9-31(40)32(41)22-29)12-17-46-18-14-39(15-19-46,28-5-3-2-4-6-28)43-37(52)47-16-11-27(24-47)36(50)51/h2-10,21-23,27H,11-20,24-25H2,1H3,(H,43,52)(H,50,51)(H,42,44,45). The number of amides is 3. The van der Waals surface area contributed by atoms with Crippen LogP contribution in [0.1, 0.15) is 53.6 Å². The Bertz CT molecular complexity index is 1950. The number of aromatic nitrogens is 3. The number of carboxylic acid groups (broad SMARTS) is 1.